The van der Waals surface area contributed by atoms with E-state index in [9.17, 15) is 9.59 Å². The van der Waals surface area contributed by atoms with E-state index >= 15 is 0 Å². The molecule has 142 valence electrons. The molecule has 0 spiro atoms. The smallest absolute Gasteiger partial charge is 0.322 e. The van der Waals surface area contributed by atoms with E-state index < -0.39 is 6.04 Å². The van der Waals surface area contributed by atoms with Crippen LogP contribution >= 0.6 is 0 Å². The lowest BCUT2D eigenvalue weighted by atomic mass is 10.2. The Bertz CT molecular complexity index is 807. The fourth-order valence-corrected chi connectivity index (χ4v) is 3.12. The first kappa shape index (κ1) is 18.6. The van der Waals surface area contributed by atoms with Crippen LogP contribution in [0.3, 0.4) is 0 Å². The summed E-state index contributed by atoms with van der Waals surface area (Å²) >= 11 is 0. The first-order valence-corrected chi connectivity index (χ1v) is 8.78. The number of likely N-dealkylation sites (tertiary alicyclic amines) is 1. The van der Waals surface area contributed by atoms with Gasteiger partial charge in [-0.25, -0.2) is 4.79 Å². The number of methoxy groups -OCH3 is 2. The second-order valence-electron chi connectivity index (χ2n) is 6.20. The number of urea groups is 1. The van der Waals surface area contributed by atoms with Crippen molar-refractivity contribution in [2.75, 3.05) is 31.4 Å². The van der Waals surface area contributed by atoms with Crippen LogP contribution in [0.2, 0.25) is 0 Å². The fourth-order valence-electron chi connectivity index (χ4n) is 3.12. The number of carbonyl (C=O) groups is 2. The number of hydrogen-bond donors (Lipinski definition) is 2. The van der Waals surface area contributed by atoms with E-state index in [2.05, 4.69) is 10.6 Å². The summed E-state index contributed by atoms with van der Waals surface area (Å²) in [5, 5.41) is 5.70. The normalized spacial score (nSPS) is 15.9. The number of carbonyl (C=O) groups excluding carboxylic acids is 2. The molecule has 1 aliphatic heterocycles. The van der Waals surface area contributed by atoms with E-state index in [0.29, 0.717) is 35.8 Å². The number of para-hydroxylation sites is 2. The zero-order valence-electron chi connectivity index (χ0n) is 15.4. The van der Waals surface area contributed by atoms with E-state index in [1.165, 1.54) is 0 Å². The van der Waals surface area contributed by atoms with Gasteiger partial charge in [0, 0.05) is 12.2 Å². The van der Waals surface area contributed by atoms with Crippen LogP contribution in [0.1, 0.15) is 12.8 Å². The largest absolute Gasteiger partial charge is 0.497 e. The van der Waals surface area contributed by atoms with E-state index in [1.807, 2.05) is 12.1 Å². The first-order chi connectivity index (χ1) is 13.1. The van der Waals surface area contributed by atoms with Gasteiger partial charge in [-0.3, -0.25) is 4.79 Å². The molecule has 0 aliphatic carbocycles. The Balaban J connectivity index is 1.66. The van der Waals surface area contributed by atoms with Crippen molar-refractivity contribution in [1.29, 1.82) is 0 Å². The quantitative estimate of drug-likeness (QED) is 0.847. The maximum atomic E-state index is 12.7. The lowest BCUT2D eigenvalue weighted by molar-refractivity contribution is -0.119. The molecule has 3 rings (SSSR count). The summed E-state index contributed by atoms with van der Waals surface area (Å²) in [6.07, 6.45) is 1.40. The van der Waals surface area contributed by atoms with Gasteiger partial charge >= 0.3 is 6.03 Å². The zero-order valence-corrected chi connectivity index (χ0v) is 15.4. The number of hydrogen-bond acceptors (Lipinski definition) is 4. The average molecular weight is 369 g/mol. The number of nitrogens with one attached hydrogen (secondary N) is 2. The van der Waals surface area contributed by atoms with E-state index in [1.54, 1.807) is 55.5 Å². The molecule has 2 N–H and O–H groups in total. The van der Waals surface area contributed by atoms with Gasteiger partial charge in [0.1, 0.15) is 17.5 Å². The Labute approximate surface area is 158 Å². The van der Waals surface area contributed by atoms with Crippen molar-refractivity contribution in [2.24, 2.45) is 0 Å². The van der Waals surface area contributed by atoms with Crippen LogP contribution in [0.25, 0.3) is 0 Å². The summed E-state index contributed by atoms with van der Waals surface area (Å²) in [5.74, 6) is 1.09. The molecule has 2 aromatic rings. The highest BCUT2D eigenvalue weighted by atomic mass is 16.5. The van der Waals surface area contributed by atoms with Crippen molar-refractivity contribution in [3.63, 3.8) is 0 Å². The molecule has 27 heavy (non-hydrogen) atoms. The van der Waals surface area contributed by atoms with Crippen molar-refractivity contribution >= 4 is 23.3 Å². The summed E-state index contributed by atoms with van der Waals surface area (Å²) < 4.78 is 10.4. The Morgan fingerprint density at radius 1 is 1.00 bits per heavy atom. The SMILES string of the molecule is COc1ccc(NC(=O)[C@H]2CCCN2C(=O)Nc2ccccc2OC)cc1. The predicted octanol–water partition coefficient (Wildman–Crippen LogP) is 3.34. The summed E-state index contributed by atoms with van der Waals surface area (Å²) in [6.45, 7) is 0.529. The van der Waals surface area contributed by atoms with Crippen molar-refractivity contribution in [1.82, 2.24) is 4.90 Å². The third kappa shape index (κ3) is 4.31. The number of nitrogens with zero attached hydrogens (tertiary/aromatic N) is 1. The molecular weight excluding hydrogens is 346 g/mol. The van der Waals surface area contributed by atoms with Gasteiger partial charge in [-0.15, -0.1) is 0 Å². The van der Waals surface area contributed by atoms with Gasteiger partial charge in [-0.05, 0) is 49.2 Å². The molecule has 2 aromatic carbocycles. The molecule has 0 bridgehead atoms. The topological polar surface area (TPSA) is 79.9 Å². The Morgan fingerprint density at radius 2 is 1.74 bits per heavy atom. The third-order valence-corrected chi connectivity index (χ3v) is 4.52. The Hall–Kier alpha value is -3.22. The van der Waals surface area contributed by atoms with E-state index in [-0.39, 0.29) is 11.9 Å². The molecule has 7 heteroatoms. The standard InChI is InChI=1S/C20H23N3O4/c1-26-15-11-9-14(10-12-15)21-19(24)17-7-5-13-23(17)20(25)22-16-6-3-4-8-18(16)27-2/h3-4,6,8-12,17H,5,7,13H2,1-2H3,(H,21,24)(H,22,25)/t17-/m1/s1. The highest BCUT2D eigenvalue weighted by molar-refractivity contribution is 6.00. The van der Waals surface area contributed by atoms with Gasteiger partial charge in [-0.2, -0.15) is 0 Å². The second-order valence-corrected chi connectivity index (χ2v) is 6.20. The molecule has 1 heterocycles. The minimum atomic E-state index is -0.512. The van der Waals surface area contributed by atoms with Crippen molar-refractivity contribution in [3.05, 3.63) is 48.5 Å². The van der Waals surface area contributed by atoms with Gasteiger partial charge in [0.15, 0.2) is 0 Å². The van der Waals surface area contributed by atoms with Crippen LogP contribution in [0.4, 0.5) is 16.2 Å². The van der Waals surface area contributed by atoms with Crippen LogP contribution in [-0.2, 0) is 4.79 Å². The average Bonchev–Trinajstić information content (AvgIpc) is 3.19. The van der Waals surface area contributed by atoms with Crippen LogP contribution in [0.15, 0.2) is 48.5 Å². The molecule has 1 saturated heterocycles. The van der Waals surface area contributed by atoms with Gasteiger partial charge in [0.05, 0.1) is 19.9 Å². The number of anilines is 2. The van der Waals surface area contributed by atoms with Crippen molar-refractivity contribution in [2.45, 2.75) is 18.9 Å². The molecule has 0 unspecified atom stereocenters. The number of rotatable bonds is 5. The summed E-state index contributed by atoms with van der Waals surface area (Å²) in [7, 11) is 3.14. The van der Waals surface area contributed by atoms with Crippen LogP contribution in [0.5, 0.6) is 11.5 Å². The first-order valence-electron chi connectivity index (χ1n) is 8.78. The molecule has 1 aliphatic rings. The minimum absolute atomic E-state index is 0.201. The van der Waals surface area contributed by atoms with Crippen LogP contribution < -0.4 is 20.1 Å². The summed E-state index contributed by atoms with van der Waals surface area (Å²) in [6, 6.07) is 13.4. The van der Waals surface area contributed by atoms with E-state index in [4.69, 9.17) is 9.47 Å². The molecule has 3 amide bonds. The highest BCUT2D eigenvalue weighted by Crippen LogP contribution is 2.26. The van der Waals surface area contributed by atoms with Gasteiger partial charge in [-0.1, -0.05) is 12.1 Å². The minimum Gasteiger partial charge on any atom is -0.497 e. The number of benzene rings is 2. The molecule has 1 fully saturated rings. The molecular formula is C20H23N3O4. The van der Waals surface area contributed by atoms with Crippen LogP contribution in [-0.4, -0.2) is 43.6 Å². The van der Waals surface area contributed by atoms with Gasteiger partial charge in [0.2, 0.25) is 5.91 Å². The van der Waals surface area contributed by atoms with Crippen molar-refractivity contribution in [3.8, 4) is 11.5 Å². The van der Waals surface area contributed by atoms with Crippen LogP contribution in [0, 0.1) is 0 Å². The predicted molar refractivity (Wildman–Crippen MR) is 103 cm³/mol. The maximum absolute atomic E-state index is 12.7. The van der Waals surface area contributed by atoms with Gasteiger partial charge in [0.25, 0.3) is 0 Å². The monoisotopic (exact) mass is 369 g/mol. The van der Waals surface area contributed by atoms with Crippen molar-refractivity contribution < 1.29 is 19.1 Å². The molecule has 1 atom stereocenters. The Morgan fingerprint density at radius 3 is 2.44 bits per heavy atom. The van der Waals surface area contributed by atoms with Gasteiger partial charge < -0.3 is 25.0 Å². The molecule has 0 aromatic heterocycles. The third-order valence-electron chi connectivity index (χ3n) is 4.52. The lowest BCUT2D eigenvalue weighted by Gasteiger charge is -2.24. The number of ether oxygens (including phenoxy) is 2. The highest BCUT2D eigenvalue weighted by Gasteiger charge is 2.34. The summed E-state index contributed by atoms with van der Waals surface area (Å²) in [5.41, 5.74) is 1.24. The molecule has 0 radical (unpaired) electrons. The maximum Gasteiger partial charge on any atom is 0.322 e. The zero-order chi connectivity index (χ0) is 19.2. The molecule has 7 nitrogen and oxygen atoms in total. The van der Waals surface area contributed by atoms with E-state index in [0.717, 1.165) is 6.42 Å². The summed E-state index contributed by atoms with van der Waals surface area (Å²) in [4.78, 5) is 26.9. The Kier molecular flexibility index (Phi) is 5.80. The fraction of sp³-hybridized carbons (Fsp3) is 0.300. The second kappa shape index (κ2) is 8.44. The number of amides is 3. The molecule has 0 saturated carbocycles. The lowest BCUT2D eigenvalue weighted by Crippen LogP contribution is -2.45.